The number of hydrogen-bond acceptors (Lipinski definition) is 2. The summed E-state index contributed by atoms with van der Waals surface area (Å²) in [6, 6.07) is 0.0742. The van der Waals surface area contributed by atoms with Crippen LogP contribution in [-0.2, 0) is 0 Å². The predicted octanol–water partition coefficient (Wildman–Crippen LogP) is 2.24. The fourth-order valence-corrected chi connectivity index (χ4v) is 2.42. The molecule has 0 aliphatic carbocycles. The Bertz CT molecular complexity index is 216. The minimum Gasteiger partial charge on any atom is -0.329 e. The molecule has 5 heteroatoms. The highest BCUT2D eigenvalue weighted by Gasteiger charge is 2.42. The number of hydrogen-bond donors (Lipinski definition) is 1. The third kappa shape index (κ3) is 3.35. The first-order valence-corrected chi connectivity index (χ1v) is 5.87. The number of rotatable bonds is 3. The number of nitrogens with zero attached hydrogens (tertiary/aromatic N) is 1. The Morgan fingerprint density at radius 1 is 1.38 bits per heavy atom. The molecule has 2 nitrogen and oxygen atoms in total. The van der Waals surface area contributed by atoms with E-state index in [0.717, 1.165) is 6.54 Å². The molecule has 2 unspecified atom stereocenters. The lowest BCUT2D eigenvalue weighted by Crippen LogP contribution is -2.51. The molecule has 16 heavy (non-hydrogen) atoms. The lowest BCUT2D eigenvalue weighted by molar-refractivity contribution is -0.189. The zero-order chi connectivity index (χ0) is 12.3. The first-order valence-electron chi connectivity index (χ1n) is 5.87. The zero-order valence-corrected chi connectivity index (χ0v) is 9.93. The molecule has 1 aliphatic rings. The van der Waals surface area contributed by atoms with Gasteiger partial charge in [-0.2, -0.15) is 13.2 Å². The van der Waals surface area contributed by atoms with Crippen LogP contribution in [0.5, 0.6) is 0 Å². The highest BCUT2D eigenvalue weighted by atomic mass is 19.4. The average molecular weight is 238 g/mol. The van der Waals surface area contributed by atoms with E-state index in [-0.39, 0.29) is 19.0 Å². The summed E-state index contributed by atoms with van der Waals surface area (Å²) in [6.07, 6.45) is -3.18. The normalized spacial score (nSPS) is 26.1. The summed E-state index contributed by atoms with van der Waals surface area (Å²) >= 11 is 0. The van der Waals surface area contributed by atoms with Crippen molar-refractivity contribution in [3.8, 4) is 0 Å². The smallest absolute Gasteiger partial charge is 0.329 e. The fourth-order valence-electron chi connectivity index (χ4n) is 2.42. The van der Waals surface area contributed by atoms with Gasteiger partial charge >= 0.3 is 6.18 Å². The van der Waals surface area contributed by atoms with Crippen molar-refractivity contribution in [1.29, 1.82) is 0 Å². The molecule has 1 heterocycles. The van der Waals surface area contributed by atoms with Gasteiger partial charge in [0.15, 0.2) is 0 Å². The third-order valence-corrected chi connectivity index (χ3v) is 3.40. The second-order valence-electron chi connectivity index (χ2n) is 4.92. The molecule has 2 N–H and O–H groups in total. The standard InChI is InChI=1S/C11H21F3N2/c1-8(2)10(6-15)16-5-3-4-9(7-16)11(12,13)14/h8-10H,3-7,15H2,1-2H3. The van der Waals surface area contributed by atoms with Crippen LogP contribution in [0, 0.1) is 11.8 Å². The molecule has 0 aromatic heterocycles. The highest BCUT2D eigenvalue weighted by Crippen LogP contribution is 2.34. The Kier molecular flexibility index (Phi) is 4.62. The molecule has 0 amide bonds. The van der Waals surface area contributed by atoms with Crippen LogP contribution in [0.2, 0.25) is 0 Å². The first-order chi connectivity index (χ1) is 7.36. The molecule has 0 spiro atoms. The Balaban J connectivity index is 2.62. The van der Waals surface area contributed by atoms with Gasteiger partial charge in [-0.3, -0.25) is 4.90 Å². The third-order valence-electron chi connectivity index (χ3n) is 3.40. The van der Waals surface area contributed by atoms with E-state index in [1.54, 1.807) is 0 Å². The predicted molar refractivity (Wildman–Crippen MR) is 58.0 cm³/mol. The van der Waals surface area contributed by atoms with Crippen LogP contribution in [0.1, 0.15) is 26.7 Å². The van der Waals surface area contributed by atoms with Gasteiger partial charge in [-0.05, 0) is 25.3 Å². The molecule has 96 valence electrons. The van der Waals surface area contributed by atoms with Gasteiger partial charge in [0.1, 0.15) is 0 Å². The average Bonchev–Trinajstić information content (AvgIpc) is 2.17. The van der Waals surface area contributed by atoms with Crippen molar-refractivity contribution >= 4 is 0 Å². The summed E-state index contributed by atoms with van der Waals surface area (Å²) in [7, 11) is 0. The molecule has 1 rings (SSSR count). The van der Waals surface area contributed by atoms with Crippen molar-refractivity contribution in [3.05, 3.63) is 0 Å². The molecular formula is C11H21F3N2. The van der Waals surface area contributed by atoms with Crippen LogP contribution in [0.3, 0.4) is 0 Å². The van der Waals surface area contributed by atoms with E-state index in [1.165, 1.54) is 0 Å². The summed E-state index contributed by atoms with van der Waals surface area (Å²) in [4.78, 5) is 1.91. The van der Waals surface area contributed by atoms with E-state index in [0.29, 0.717) is 18.9 Å². The van der Waals surface area contributed by atoms with E-state index in [9.17, 15) is 13.2 Å². The maximum absolute atomic E-state index is 12.6. The van der Waals surface area contributed by atoms with Crippen LogP contribution < -0.4 is 5.73 Å². The van der Waals surface area contributed by atoms with E-state index in [2.05, 4.69) is 0 Å². The van der Waals surface area contributed by atoms with Crippen molar-refractivity contribution < 1.29 is 13.2 Å². The van der Waals surface area contributed by atoms with E-state index in [1.807, 2.05) is 18.7 Å². The van der Waals surface area contributed by atoms with Gasteiger partial charge in [0.2, 0.25) is 0 Å². The number of halogens is 3. The largest absolute Gasteiger partial charge is 0.393 e. The second kappa shape index (κ2) is 5.36. The molecule has 0 radical (unpaired) electrons. The molecule has 0 bridgehead atoms. The monoisotopic (exact) mass is 238 g/mol. The molecule has 0 aromatic carbocycles. The van der Waals surface area contributed by atoms with Gasteiger partial charge in [-0.15, -0.1) is 0 Å². The Morgan fingerprint density at radius 3 is 2.44 bits per heavy atom. The van der Waals surface area contributed by atoms with E-state index < -0.39 is 12.1 Å². The lowest BCUT2D eigenvalue weighted by atomic mass is 9.93. The maximum Gasteiger partial charge on any atom is 0.393 e. The van der Waals surface area contributed by atoms with Gasteiger partial charge < -0.3 is 5.73 Å². The van der Waals surface area contributed by atoms with Crippen LogP contribution in [0.25, 0.3) is 0 Å². The van der Waals surface area contributed by atoms with E-state index >= 15 is 0 Å². The minimum atomic E-state index is -4.06. The van der Waals surface area contributed by atoms with Gasteiger partial charge in [-0.1, -0.05) is 13.8 Å². The SMILES string of the molecule is CC(C)C(CN)N1CCCC(C(F)(F)F)C1. The molecule has 2 atom stereocenters. The number of piperidine rings is 1. The van der Waals surface area contributed by atoms with E-state index in [4.69, 9.17) is 5.73 Å². The van der Waals surface area contributed by atoms with Crippen molar-refractivity contribution in [2.75, 3.05) is 19.6 Å². The molecule has 1 fully saturated rings. The lowest BCUT2D eigenvalue weighted by Gasteiger charge is -2.40. The Labute approximate surface area is 95.0 Å². The Hall–Kier alpha value is -0.290. The maximum atomic E-state index is 12.6. The first kappa shape index (κ1) is 13.8. The quantitative estimate of drug-likeness (QED) is 0.817. The van der Waals surface area contributed by atoms with Crippen molar-refractivity contribution in [3.63, 3.8) is 0 Å². The van der Waals surface area contributed by atoms with Crippen LogP contribution in [-0.4, -0.2) is 36.8 Å². The fraction of sp³-hybridized carbons (Fsp3) is 1.00. The topological polar surface area (TPSA) is 29.3 Å². The van der Waals surface area contributed by atoms with Gasteiger partial charge in [-0.25, -0.2) is 0 Å². The highest BCUT2D eigenvalue weighted by molar-refractivity contribution is 4.84. The molecule has 1 aliphatic heterocycles. The molecule has 1 saturated heterocycles. The number of nitrogens with two attached hydrogens (primary N) is 1. The number of likely N-dealkylation sites (tertiary alicyclic amines) is 1. The summed E-state index contributed by atoms with van der Waals surface area (Å²) in [5, 5.41) is 0. The van der Waals surface area contributed by atoms with Gasteiger partial charge in [0.05, 0.1) is 5.92 Å². The summed E-state index contributed by atoms with van der Waals surface area (Å²) in [5.41, 5.74) is 5.64. The second-order valence-corrected chi connectivity index (χ2v) is 4.92. The number of alkyl halides is 3. The van der Waals surface area contributed by atoms with Crippen molar-refractivity contribution in [1.82, 2.24) is 4.90 Å². The minimum absolute atomic E-state index is 0.0742. The van der Waals surface area contributed by atoms with Crippen molar-refractivity contribution in [2.24, 2.45) is 17.6 Å². The zero-order valence-electron chi connectivity index (χ0n) is 9.93. The Morgan fingerprint density at radius 2 is 2.00 bits per heavy atom. The molecule has 0 saturated carbocycles. The summed E-state index contributed by atoms with van der Waals surface area (Å²) in [5.74, 6) is -0.869. The van der Waals surface area contributed by atoms with Crippen LogP contribution >= 0.6 is 0 Å². The van der Waals surface area contributed by atoms with Crippen LogP contribution in [0.4, 0.5) is 13.2 Å². The summed E-state index contributed by atoms with van der Waals surface area (Å²) < 4.78 is 37.9. The van der Waals surface area contributed by atoms with Gasteiger partial charge in [0.25, 0.3) is 0 Å². The molecule has 0 aromatic rings. The van der Waals surface area contributed by atoms with Crippen molar-refractivity contribution in [2.45, 2.75) is 38.9 Å². The summed E-state index contributed by atoms with van der Waals surface area (Å²) in [6.45, 7) is 5.31. The van der Waals surface area contributed by atoms with Gasteiger partial charge in [0, 0.05) is 19.1 Å². The van der Waals surface area contributed by atoms with Crippen LogP contribution in [0.15, 0.2) is 0 Å². The molecular weight excluding hydrogens is 217 g/mol.